The molecule has 6 nitrogen and oxygen atoms in total. The fourth-order valence-corrected chi connectivity index (χ4v) is 3.66. The number of aliphatic hydroxyl groups is 2. The molecule has 0 spiro atoms. The van der Waals surface area contributed by atoms with E-state index in [1.807, 2.05) is 0 Å². The van der Waals surface area contributed by atoms with E-state index in [9.17, 15) is 19.8 Å². The summed E-state index contributed by atoms with van der Waals surface area (Å²) in [5.41, 5.74) is -0.688. The number of thioether (sulfide) groups is 2. The molecule has 0 bridgehead atoms. The van der Waals surface area contributed by atoms with Gasteiger partial charge in [0, 0.05) is 28.4 Å². The molecule has 0 radical (unpaired) electrons. The van der Waals surface area contributed by atoms with Gasteiger partial charge in [0.1, 0.15) is 0 Å². The number of carboxylic acids is 2. The SMILES string of the molecule is O=C(O)CCSCC(CO)(CO)CSCCC(=O)O. The van der Waals surface area contributed by atoms with E-state index in [4.69, 9.17) is 10.2 Å². The van der Waals surface area contributed by atoms with Crippen LogP contribution in [-0.4, -0.2) is 68.6 Å². The maximum atomic E-state index is 10.4. The van der Waals surface area contributed by atoms with Gasteiger partial charge in [-0.25, -0.2) is 0 Å². The van der Waals surface area contributed by atoms with Crippen LogP contribution in [0.2, 0.25) is 0 Å². The maximum absolute atomic E-state index is 10.4. The van der Waals surface area contributed by atoms with Crippen molar-refractivity contribution < 1.29 is 30.0 Å². The van der Waals surface area contributed by atoms with Gasteiger partial charge in [0.15, 0.2) is 0 Å². The summed E-state index contributed by atoms with van der Waals surface area (Å²) in [4.78, 5) is 20.7. The Kier molecular flexibility index (Phi) is 10.1. The molecule has 0 fully saturated rings. The molecular weight excluding hydrogens is 292 g/mol. The molecule has 0 rings (SSSR count). The molecular formula is C11H20O6S2. The summed E-state index contributed by atoms with van der Waals surface area (Å²) >= 11 is 2.74. The Morgan fingerprint density at radius 2 is 1.21 bits per heavy atom. The van der Waals surface area contributed by atoms with Crippen LogP contribution in [0.25, 0.3) is 0 Å². The van der Waals surface area contributed by atoms with Crippen LogP contribution in [0.4, 0.5) is 0 Å². The van der Waals surface area contributed by atoms with Crippen molar-refractivity contribution in [2.75, 3.05) is 36.2 Å². The van der Waals surface area contributed by atoms with Crippen molar-refractivity contribution in [3.63, 3.8) is 0 Å². The summed E-state index contributed by atoms with van der Waals surface area (Å²) in [6.07, 6.45) is 0.0908. The molecule has 0 heterocycles. The van der Waals surface area contributed by atoms with Crippen molar-refractivity contribution in [3.8, 4) is 0 Å². The van der Waals surface area contributed by atoms with Crippen molar-refractivity contribution in [1.29, 1.82) is 0 Å². The minimum absolute atomic E-state index is 0.0454. The maximum Gasteiger partial charge on any atom is 0.304 e. The predicted molar refractivity (Wildman–Crippen MR) is 75.8 cm³/mol. The van der Waals surface area contributed by atoms with Crippen LogP contribution in [0.15, 0.2) is 0 Å². The molecule has 0 atom stereocenters. The van der Waals surface area contributed by atoms with E-state index in [0.29, 0.717) is 23.0 Å². The first-order chi connectivity index (χ1) is 8.95. The lowest BCUT2D eigenvalue weighted by atomic mass is 9.96. The predicted octanol–water partition coefficient (Wildman–Crippen LogP) is 0.373. The molecule has 0 aliphatic heterocycles. The quantitative estimate of drug-likeness (QED) is 0.382. The highest BCUT2D eigenvalue weighted by molar-refractivity contribution is 8.00. The van der Waals surface area contributed by atoms with Gasteiger partial charge in [0.05, 0.1) is 26.1 Å². The van der Waals surface area contributed by atoms with Gasteiger partial charge in [0.2, 0.25) is 0 Å². The van der Waals surface area contributed by atoms with Gasteiger partial charge >= 0.3 is 11.9 Å². The van der Waals surface area contributed by atoms with E-state index in [1.54, 1.807) is 0 Å². The Labute approximate surface area is 120 Å². The monoisotopic (exact) mass is 312 g/mol. The lowest BCUT2D eigenvalue weighted by molar-refractivity contribution is -0.137. The standard InChI is InChI=1S/C11H20O6S2/c12-5-11(6-13,7-18-3-1-9(14)15)8-19-4-2-10(16)17/h12-13H,1-8H2,(H,14,15)(H,16,17). The third-order valence-corrected chi connectivity index (χ3v) is 5.03. The van der Waals surface area contributed by atoms with Gasteiger partial charge in [-0.3, -0.25) is 9.59 Å². The van der Waals surface area contributed by atoms with Crippen molar-refractivity contribution in [2.45, 2.75) is 12.8 Å². The Morgan fingerprint density at radius 1 is 0.842 bits per heavy atom. The molecule has 0 saturated heterocycles. The minimum atomic E-state index is -0.873. The fourth-order valence-electron chi connectivity index (χ4n) is 1.17. The van der Waals surface area contributed by atoms with Gasteiger partial charge in [0.25, 0.3) is 0 Å². The lowest BCUT2D eigenvalue weighted by Gasteiger charge is -2.29. The average molecular weight is 312 g/mol. The van der Waals surface area contributed by atoms with Crippen LogP contribution >= 0.6 is 23.5 Å². The van der Waals surface area contributed by atoms with Gasteiger partial charge in [-0.2, -0.15) is 23.5 Å². The van der Waals surface area contributed by atoms with Crippen LogP contribution in [0, 0.1) is 5.41 Å². The van der Waals surface area contributed by atoms with E-state index in [-0.39, 0.29) is 26.1 Å². The normalized spacial score (nSPS) is 11.5. The molecule has 0 aromatic rings. The molecule has 112 valence electrons. The lowest BCUT2D eigenvalue weighted by Crippen LogP contribution is -2.35. The fraction of sp³-hybridized carbons (Fsp3) is 0.818. The molecule has 0 amide bonds. The zero-order chi connectivity index (χ0) is 14.7. The minimum Gasteiger partial charge on any atom is -0.481 e. The van der Waals surface area contributed by atoms with Crippen molar-refractivity contribution in [3.05, 3.63) is 0 Å². The van der Waals surface area contributed by atoms with E-state index in [2.05, 4.69) is 0 Å². The number of aliphatic hydroxyl groups excluding tert-OH is 2. The third-order valence-electron chi connectivity index (χ3n) is 2.41. The van der Waals surface area contributed by atoms with Crippen molar-refractivity contribution >= 4 is 35.5 Å². The highest BCUT2D eigenvalue weighted by Crippen LogP contribution is 2.27. The van der Waals surface area contributed by atoms with E-state index in [1.165, 1.54) is 23.5 Å². The van der Waals surface area contributed by atoms with Crippen LogP contribution in [0.1, 0.15) is 12.8 Å². The molecule has 0 aromatic carbocycles. The topological polar surface area (TPSA) is 115 Å². The summed E-state index contributed by atoms with van der Waals surface area (Å²) in [7, 11) is 0. The number of hydrogen-bond donors (Lipinski definition) is 4. The molecule has 0 aliphatic rings. The molecule has 19 heavy (non-hydrogen) atoms. The van der Waals surface area contributed by atoms with Crippen molar-refractivity contribution in [1.82, 2.24) is 0 Å². The van der Waals surface area contributed by atoms with Gasteiger partial charge in [-0.15, -0.1) is 0 Å². The Balaban J connectivity index is 4.03. The second-order valence-electron chi connectivity index (χ2n) is 4.21. The molecule has 0 saturated carbocycles. The Bertz CT molecular complexity index is 256. The van der Waals surface area contributed by atoms with Crippen LogP contribution < -0.4 is 0 Å². The van der Waals surface area contributed by atoms with Crippen LogP contribution in [0.3, 0.4) is 0 Å². The average Bonchev–Trinajstić information content (AvgIpc) is 2.37. The van der Waals surface area contributed by atoms with Crippen LogP contribution in [0.5, 0.6) is 0 Å². The van der Waals surface area contributed by atoms with Gasteiger partial charge in [-0.05, 0) is 0 Å². The largest absolute Gasteiger partial charge is 0.481 e. The summed E-state index contributed by atoms with van der Waals surface area (Å²) in [5, 5.41) is 35.8. The second kappa shape index (κ2) is 10.4. The molecule has 8 heteroatoms. The van der Waals surface area contributed by atoms with E-state index >= 15 is 0 Å². The zero-order valence-corrected chi connectivity index (χ0v) is 12.2. The first-order valence-corrected chi connectivity index (χ1v) is 8.07. The summed E-state index contributed by atoms with van der Waals surface area (Å²) < 4.78 is 0. The van der Waals surface area contributed by atoms with E-state index in [0.717, 1.165) is 0 Å². The number of hydrogen-bond acceptors (Lipinski definition) is 6. The first kappa shape index (κ1) is 18.6. The zero-order valence-electron chi connectivity index (χ0n) is 10.6. The summed E-state index contributed by atoms with van der Waals surface area (Å²) in [6, 6.07) is 0. The van der Waals surface area contributed by atoms with Crippen LogP contribution in [-0.2, 0) is 9.59 Å². The molecule has 0 aliphatic carbocycles. The highest BCUT2D eigenvalue weighted by atomic mass is 32.2. The summed E-state index contributed by atoms with van der Waals surface area (Å²) in [5.74, 6) is 0.0120. The second-order valence-corrected chi connectivity index (χ2v) is 6.42. The highest BCUT2D eigenvalue weighted by Gasteiger charge is 2.28. The Hall–Kier alpha value is -0.440. The Morgan fingerprint density at radius 3 is 1.47 bits per heavy atom. The van der Waals surface area contributed by atoms with Gasteiger partial charge < -0.3 is 20.4 Å². The third kappa shape index (κ3) is 9.15. The van der Waals surface area contributed by atoms with Crippen molar-refractivity contribution in [2.24, 2.45) is 5.41 Å². The number of carboxylic acid groups (broad SMARTS) is 2. The first-order valence-electron chi connectivity index (χ1n) is 5.76. The summed E-state index contributed by atoms with van der Waals surface area (Å²) in [6.45, 7) is -0.409. The van der Waals surface area contributed by atoms with Gasteiger partial charge in [-0.1, -0.05) is 0 Å². The molecule has 0 aromatic heterocycles. The molecule has 0 unspecified atom stereocenters. The number of carbonyl (C=O) groups is 2. The van der Waals surface area contributed by atoms with E-state index < -0.39 is 17.4 Å². The number of rotatable bonds is 12. The smallest absolute Gasteiger partial charge is 0.304 e. The number of aliphatic carboxylic acids is 2. The molecule has 4 N–H and O–H groups in total.